The topological polar surface area (TPSA) is 59.2 Å². The molecule has 0 fully saturated rings. The molecule has 0 atom stereocenters. The van der Waals surface area contributed by atoms with Crippen LogP contribution >= 0.6 is 0 Å². The Labute approximate surface area is 137 Å². The molecule has 0 bridgehead atoms. The molecule has 0 saturated heterocycles. The molecule has 1 aromatic carbocycles. The van der Waals surface area contributed by atoms with E-state index in [1.807, 2.05) is 0 Å². The first kappa shape index (κ1) is 14.6. The van der Waals surface area contributed by atoms with E-state index in [2.05, 4.69) is 10.1 Å². The fraction of sp³-hybridized carbons (Fsp3) is 0.167. The maximum absolute atomic E-state index is 13.1. The van der Waals surface area contributed by atoms with E-state index in [0.717, 1.165) is 16.8 Å². The van der Waals surface area contributed by atoms with E-state index in [1.165, 1.54) is 12.1 Å². The SMILES string of the molecule is O=C(c1ccncc1)N1CCc2c(noc2-c2ccc(F)cc2)C1. The molecule has 120 valence electrons. The lowest BCUT2D eigenvalue weighted by atomic mass is 10.00. The maximum Gasteiger partial charge on any atom is 0.254 e. The number of amides is 1. The second-order valence-corrected chi connectivity index (χ2v) is 5.66. The van der Waals surface area contributed by atoms with Crippen LogP contribution in [-0.2, 0) is 13.0 Å². The van der Waals surface area contributed by atoms with E-state index in [4.69, 9.17) is 4.52 Å². The van der Waals surface area contributed by atoms with E-state index in [0.29, 0.717) is 30.8 Å². The molecule has 6 heteroatoms. The van der Waals surface area contributed by atoms with Gasteiger partial charge in [-0.1, -0.05) is 5.16 Å². The average Bonchev–Trinajstić information content (AvgIpc) is 3.05. The Hall–Kier alpha value is -3.02. The van der Waals surface area contributed by atoms with Gasteiger partial charge >= 0.3 is 0 Å². The van der Waals surface area contributed by atoms with E-state index in [-0.39, 0.29) is 11.7 Å². The van der Waals surface area contributed by atoms with Gasteiger partial charge in [0.25, 0.3) is 5.91 Å². The first-order valence-electron chi connectivity index (χ1n) is 7.65. The summed E-state index contributed by atoms with van der Waals surface area (Å²) in [4.78, 5) is 18.2. The molecular formula is C18H14FN3O2. The van der Waals surface area contributed by atoms with E-state index < -0.39 is 0 Å². The molecule has 1 aliphatic rings. The third-order valence-electron chi connectivity index (χ3n) is 4.16. The zero-order valence-electron chi connectivity index (χ0n) is 12.8. The van der Waals surface area contributed by atoms with Crippen molar-refractivity contribution >= 4 is 5.91 Å². The quantitative estimate of drug-likeness (QED) is 0.727. The van der Waals surface area contributed by atoms with Crippen molar-refractivity contribution in [2.24, 2.45) is 0 Å². The lowest BCUT2D eigenvalue weighted by molar-refractivity contribution is 0.0731. The minimum atomic E-state index is -0.291. The second-order valence-electron chi connectivity index (χ2n) is 5.66. The van der Waals surface area contributed by atoms with Gasteiger partial charge in [-0.3, -0.25) is 9.78 Å². The summed E-state index contributed by atoms with van der Waals surface area (Å²) in [7, 11) is 0. The summed E-state index contributed by atoms with van der Waals surface area (Å²) in [6.07, 6.45) is 3.86. The highest BCUT2D eigenvalue weighted by Crippen LogP contribution is 2.30. The molecule has 24 heavy (non-hydrogen) atoms. The Morgan fingerprint density at radius 3 is 2.62 bits per heavy atom. The standard InChI is InChI=1S/C18H14FN3O2/c19-14-3-1-12(2-4-14)17-15-7-10-22(11-16(15)21-24-17)18(23)13-5-8-20-9-6-13/h1-6,8-9H,7,10-11H2. The zero-order chi connectivity index (χ0) is 16.5. The lowest BCUT2D eigenvalue weighted by Crippen LogP contribution is -2.35. The van der Waals surface area contributed by atoms with Gasteiger partial charge in [0.2, 0.25) is 0 Å². The van der Waals surface area contributed by atoms with Gasteiger partial charge in [-0.15, -0.1) is 0 Å². The van der Waals surface area contributed by atoms with Gasteiger partial charge in [0.1, 0.15) is 11.5 Å². The summed E-state index contributed by atoms with van der Waals surface area (Å²) in [5, 5.41) is 4.11. The molecule has 0 spiro atoms. The van der Waals surface area contributed by atoms with Crippen molar-refractivity contribution in [1.29, 1.82) is 0 Å². The molecule has 1 amide bonds. The third kappa shape index (κ3) is 2.56. The third-order valence-corrected chi connectivity index (χ3v) is 4.16. The Bertz CT molecular complexity index is 875. The number of aromatic nitrogens is 2. The molecule has 3 aromatic rings. The van der Waals surface area contributed by atoms with Crippen LogP contribution in [0, 0.1) is 5.82 Å². The lowest BCUT2D eigenvalue weighted by Gasteiger charge is -2.26. The van der Waals surface area contributed by atoms with Gasteiger partial charge in [0.05, 0.1) is 6.54 Å². The number of halogens is 1. The highest BCUT2D eigenvalue weighted by atomic mass is 19.1. The van der Waals surface area contributed by atoms with Crippen molar-refractivity contribution in [1.82, 2.24) is 15.0 Å². The van der Waals surface area contributed by atoms with Crippen LogP contribution in [0.1, 0.15) is 21.6 Å². The van der Waals surface area contributed by atoms with Crippen LogP contribution in [0.15, 0.2) is 53.3 Å². The van der Waals surface area contributed by atoms with Crippen molar-refractivity contribution in [2.75, 3.05) is 6.54 Å². The Balaban J connectivity index is 1.59. The van der Waals surface area contributed by atoms with Crippen LogP contribution in [0.5, 0.6) is 0 Å². The summed E-state index contributed by atoms with van der Waals surface area (Å²) < 4.78 is 18.5. The van der Waals surface area contributed by atoms with Crippen molar-refractivity contribution in [3.8, 4) is 11.3 Å². The fourth-order valence-electron chi connectivity index (χ4n) is 2.91. The summed E-state index contributed by atoms with van der Waals surface area (Å²) in [6, 6.07) is 9.53. The van der Waals surface area contributed by atoms with Gasteiger partial charge in [0, 0.05) is 35.6 Å². The van der Waals surface area contributed by atoms with Gasteiger partial charge in [0.15, 0.2) is 5.76 Å². The number of carbonyl (C=O) groups excluding carboxylic acids is 1. The highest BCUT2D eigenvalue weighted by Gasteiger charge is 2.27. The monoisotopic (exact) mass is 323 g/mol. The number of carbonyl (C=O) groups is 1. The largest absolute Gasteiger partial charge is 0.356 e. The molecule has 1 aliphatic heterocycles. The molecule has 0 aliphatic carbocycles. The predicted octanol–water partition coefficient (Wildman–Crippen LogP) is 3.07. The molecule has 5 nitrogen and oxygen atoms in total. The highest BCUT2D eigenvalue weighted by molar-refractivity contribution is 5.94. The van der Waals surface area contributed by atoms with E-state index in [1.54, 1.807) is 41.6 Å². The van der Waals surface area contributed by atoms with Crippen LogP contribution in [0.2, 0.25) is 0 Å². The first-order chi connectivity index (χ1) is 11.7. The molecule has 2 aromatic heterocycles. The van der Waals surface area contributed by atoms with Crippen molar-refractivity contribution < 1.29 is 13.7 Å². The summed E-state index contributed by atoms with van der Waals surface area (Å²) in [6.45, 7) is 0.991. The molecule has 3 heterocycles. The smallest absolute Gasteiger partial charge is 0.254 e. The van der Waals surface area contributed by atoms with Crippen LogP contribution < -0.4 is 0 Å². The van der Waals surface area contributed by atoms with Crippen molar-refractivity contribution in [3.05, 3.63) is 71.4 Å². The van der Waals surface area contributed by atoms with Crippen LogP contribution in [0.4, 0.5) is 4.39 Å². The fourth-order valence-corrected chi connectivity index (χ4v) is 2.91. The molecular weight excluding hydrogens is 309 g/mol. The minimum Gasteiger partial charge on any atom is -0.356 e. The first-order valence-corrected chi connectivity index (χ1v) is 7.65. The molecule has 0 N–H and O–H groups in total. The molecule has 0 radical (unpaired) electrons. The Morgan fingerprint density at radius 1 is 1.12 bits per heavy atom. The van der Waals surface area contributed by atoms with E-state index in [9.17, 15) is 9.18 Å². The number of hydrogen-bond acceptors (Lipinski definition) is 4. The van der Waals surface area contributed by atoms with E-state index >= 15 is 0 Å². The number of benzene rings is 1. The Kier molecular flexibility index (Phi) is 3.57. The average molecular weight is 323 g/mol. The number of rotatable bonds is 2. The van der Waals surface area contributed by atoms with Crippen LogP contribution in [0.25, 0.3) is 11.3 Å². The second kappa shape index (κ2) is 5.88. The van der Waals surface area contributed by atoms with Crippen LogP contribution in [-0.4, -0.2) is 27.5 Å². The summed E-state index contributed by atoms with van der Waals surface area (Å²) >= 11 is 0. The zero-order valence-corrected chi connectivity index (χ0v) is 12.8. The number of pyridine rings is 1. The minimum absolute atomic E-state index is 0.0469. The van der Waals surface area contributed by atoms with Crippen LogP contribution in [0.3, 0.4) is 0 Å². The number of nitrogens with zero attached hydrogens (tertiary/aromatic N) is 3. The van der Waals surface area contributed by atoms with Gasteiger partial charge in [-0.25, -0.2) is 4.39 Å². The molecule has 0 saturated carbocycles. The summed E-state index contributed by atoms with van der Waals surface area (Å²) in [5.74, 6) is 0.316. The molecule has 0 unspecified atom stereocenters. The number of fused-ring (bicyclic) bond motifs is 1. The van der Waals surface area contributed by atoms with Gasteiger partial charge in [-0.05, 0) is 42.8 Å². The number of hydrogen-bond donors (Lipinski definition) is 0. The maximum atomic E-state index is 13.1. The predicted molar refractivity (Wildman–Crippen MR) is 84.6 cm³/mol. The normalized spacial score (nSPS) is 13.6. The Morgan fingerprint density at radius 2 is 1.88 bits per heavy atom. The summed E-state index contributed by atoms with van der Waals surface area (Å²) in [5.41, 5.74) is 3.14. The van der Waals surface area contributed by atoms with Gasteiger partial charge < -0.3 is 9.42 Å². The molecule has 4 rings (SSSR count). The van der Waals surface area contributed by atoms with Crippen molar-refractivity contribution in [2.45, 2.75) is 13.0 Å². The van der Waals surface area contributed by atoms with Crippen molar-refractivity contribution in [3.63, 3.8) is 0 Å². The van der Waals surface area contributed by atoms with Gasteiger partial charge in [-0.2, -0.15) is 0 Å².